The largest absolute Gasteiger partial charge is 0.313 e. The maximum atomic E-state index is 3.65. The van der Waals surface area contributed by atoms with Crippen molar-refractivity contribution in [1.29, 1.82) is 0 Å². The molecule has 108 valence electrons. The molecule has 0 saturated carbocycles. The Morgan fingerprint density at radius 2 is 1.74 bits per heavy atom. The van der Waals surface area contributed by atoms with Gasteiger partial charge in [-0.3, -0.25) is 0 Å². The van der Waals surface area contributed by atoms with Crippen molar-refractivity contribution in [2.24, 2.45) is 0 Å². The van der Waals surface area contributed by atoms with E-state index in [4.69, 9.17) is 0 Å². The third-order valence-electron chi connectivity index (χ3n) is 3.32. The van der Waals surface area contributed by atoms with Crippen LogP contribution in [0.3, 0.4) is 0 Å². The van der Waals surface area contributed by atoms with Gasteiger partial charge in [-0.2, -0.15) is 0 Å². The van der Waals surface area contributed by atoms with Crippen LogP contribution in [0.25, 0.3) is 0 Å². The summed E-state index contributed by atoms with van der Waals surface area (Å²) in [6, 6.07) is 9.72. The van der Waals surface area contributed by atoms with Gasteiger partial charge in [-0.1, -0.05) is 46.2 Å². The van der Waals surface area contributed by atoms with E-state index in [0.29, 0.717) is 12.0 Å². The van der Waals surface area contributed by atoms with Crippen molar-refractivity contribution in [3.05, 3.63) is 29.8 Å². The summed E-state index contributed by atoms with van der Waals surface area (Å²) in [5, 5.41) is 3.65. The molecule has 1 unspecified atom stereocenters. The van der Waals surface area contributed by atoms with Crippen molar-refractivity contribution in [3.8, 4) is 0 Å². The molecule has 1 atom stereocenters. The first-order valence-corrected chi connectivity index (χ1v) is 8.62. The number of hydrogen-bond acceptors (Lipinski definition) is 2. The molecule has 0 aliphatic rings. The first-order valence-electron chi connectivity index (χ1n) is 7.63. The Hall–Kier alpha value is -0.470. The Balaban J connectivity index is 2.44. The van der Waals surface area contributed by atoms with Crippen LogP contribution in [0.5, 0.6) is 0 Å². The molecule has 0 heterocycles. The van der Waals surface area contributed by atoms with Gasteiger partial charge in [0.15, 0.2) is 0 Å². The van der Waals surface area contributed by atoms with Crippen molar-refractivity contribution in [3.63, 3.8) is 0 Å². The molecule has 1 aromatic carbocycles. The van der Waals surface area contributed by atoms with Gasteiger partial charge in [0.2, 0.25) is 0 Å². The molecule has 0 radical (unpaired) electrons. The highest BCUT2D eigenvalue weighted by Crippen LogP contribution is 2.23. The fourth-order valence-electron chi connectivity index (χ4n) is 2.09. The molecule has 2 heteroatoms. The monoisotopic (exact) mass is 279 g/mol. The molecule has 0 aromatic heterocycles. The van der Waals surface area contributed by atoms with E-state index in [0.717, 1.165) is 6.54 Å². The summed E-state index contributed by atoms with van der Waals surface area (Å²) in [6.45, 7) is 10.1. The van der Waals surface area contributed by atoms with Crippen LogP contribution < -0.4 is 5.32 Å². The Labute approximate surface area is 123 Å². The molecule has 1 aromatic rings. The van der Waals surface area contributed by atoms with Crippen molar-refractivity contribution >= 4 is 11.8 Å². The molecule has 0 bridgehead atoms. The average Bonchev–Trinajstić information content (AvgIpc) is 2.42. The van der Waals surface area contributed by atoms with E-state index >= 15 is 0 Å². The number of hydrogen-bond donors (Lipinski definition) is 1. The van der Waals surface area contributed by atoms with E-state index in [1.165, 1.54) is 35.5 Å². The highest BCUT2D eigenvalue weighted by atomic mass is 32.2. The van der Waals surface area contributed by atoms with E-state index < -0.39 is 0 Å². The van der Waals surface area contributed by atoms with Crippen LogP contribution >= 0.6 is 11.8 Å². The lowest BCUT2D eigenvalue weighted by Gasteiger charge is -2.17. The molecule has 19 heavy (non-hydrogen) atoms. The van der Waals surface area contributed by atoms with Gasteiger partial charge >= 0.3 is 0 Å². The second kappa shape index (κ2) is 9.44. The second-order valence-corrected chi connectivity index (χ2v) is 6.57. The summed E-state index contributed by atoms with van der Waals surface area (Å²) in [5.74, 6) is 1.80. The SMILES string of the molecule is CCCNC(CCC)CSc1ccc(C(C)C)cc1. The van der Waals surface area contributed by atoms with Crippen LogP contribution in [0.1, 0.15) is 58.4 Å². The number of thioether (sulfide) groups is 1. The summed E-state index contributed by atoms with van der Waals surface area (Å²) in [7, 11) is 0. The summed E-state index contributed by atoms with van der Waals surface area (Å²) < 4.78 is 0. The molecule has 0 fully saturated rings. The van der Waals surface area contributed by atoms with Gasteiger partial charge in [0.05, 0.1) is 0 Å². The van der Waals surface area contributed by atoms with Gasteiger partial charge < -0.3 is 5.32 Å². The summed E-state index contributed by atoms with van der Waals surface area (Å²) >= 11 is 1.98. The summed E-state index contributed by atoms with van der Waals surface area (Å²) in [4.78, 5) is 1.39. The van der Waals surface area contributed by atoms with E-state index in [1.54, 1.807) is 0 Å². The normalized spacial score (nSPS) is 12.9. The highest BCUT2D eigenvalue weighted by molar-refractivity contribution is 7.99. The summed E-state index contributed by atoms with van der Waals surface area (Å²) in [6.07, 6.45) is 3.75. The second-order valence-electron chi connectivity index (χ2n) is 5.47. The van der Waals surface area contributed by atoms with Crippen molar-refractivity contribution in [2.75, 3.05) is 12.3 Å². The maximum Gasteiger partial charge on any atom is 0.0161 e. The van der Waals surface area contributed by atoms with Gasteiger partial charge in [0.25, 0.3) is 0 Å². The average molecular weight is 279 g/mol. The van der Waals surface area contributed by atoms with Crippen LogP contribution in [0.15, 0.2) is 29.2 Å². The molecule has 1 N–H and O–H groups in total. The molecule has 0 amide bonds. The summed E-state index contributed by atoms with van der Waals surface area (Å²) in [5.41, 5.74) is 1.43. The number of benzene rings is 1. The minimum Gasteiger partial charge on any atom is -0.313 e. The van der Waals surface area contributed by atoms with Crippen LogP contribution in [0, 0.1) is 0 Å². The van der Waals surface area contributed by atoms with Gasteiger partial charge in [0.1, 0.15) is 0 Å². The molecule has 0 aliphatic heterocycles. The standard InChI is InChI=1S/C17H29NS/c1-5-7-16(18-12-6-2)13-19-17-10-8-15(9-11-17)14(3)4/h8-11,14,16,18H,5-7,12-13H2,1-4H3. The Bertz CT molecular complexity index is 332. The molecule has 0 saturated heterocycles. The third-order valence-corrected chi connectivity index (χ3v) is 4.49. The fourth-order valence-corrected chi connectivity index (χ4v) is 3.09. The maximum absolute atomic E-state index is 3.65. The zero-order valence-corrected chi connectivity index (χ0v) is 13.7. The Morgan fingerprint density at radius 1 is 1.05 bits per heavy atom. The first kappa shape index (κ1) is 16.6. The van der Waals surface area contributed by atoms with Crippen molar-refractivity contribution in [2.45, 2.75) is 63.8 Å². The molecular formula is C17H29NS. The molecule has 1 nitrogen and oxygen atoms in total. The van der Waals surface area contributed by atoms with E-state index in [1.807, 2.05) is 11.8 Å². The number of nitrogens with one attached hydrogen (secondary N) is 1. The lowest BCUT2D eigenvalue weighted by atomic mass is 10.0. The highest BCUT2D eigenvalue weighted by Gasteiger charge is 2.07. The molecule has 0 aliphatic carbocycles. The van der Waals surface area contributed by atoms with E-state index in [2.05, 4.69) is 57.3 Å². The van der Waals surface area contributed by atoms with E-state index in [-0.39, 0.29) is 0 Å². The predicted molar refractivity (Wildman–Crippen MR) is 88.2 cm³/mol. The molecule has 1 rings (SSSR count). The lowest BCUT2D eigenvalue weighted by Crippen LogP contribution is -2.31. The fraction of sp³-hybridized carbons (Fsp3) is 0.647. The minimum atomic E-state index is 0.623. The van der Waals surface area contributed by atoms with Crippen molar-refractivity contribution in [1.82, 2.24) is 5.32 Å². The van der Waals surface area contributed by atoms with Gasteiger partial charge in [-0.15, -0.1) is 11.8 Å². The lowest BCUT2D eigenvalue weighted by molar-refractivity contribution is 0.514. The van der Waals surface area contributed by atoms with E-state index in [9.17, 15) is 0 Å². The van der Waals surface area contributed by atoms with Gasteiger partial charge in [-0.05, 0) is 43.0 Å². The smallest absolute Gasteiger partial charge is 0.0161 e. The van der Waals surface area contributed by atoms with Gasteiger partial charge in [0, 0.05) is 16.7 Å². The zero-order chi connectivity index (χ0) is 14.1. The third kappa shape index (κ3) is 6.49. The van der Waals surface area contributed by atoms with Crippen LogP contribution in [0.2, 0.25) is 0 Å². The van der Waals surface area contributed by atoms with Crippen LogP contribution in [-0.4, -0.2) is 18.3 Å². The first-order chi connectivity index (χ1) is 9.17. The quantitative estimate of drug-likeness (QED) is 0.633. The Kier molecular flexibility index (Phi) is 8.24. The number of rotatable bonds is 9. The predicted octanol–water partition coefficient (Wildman–Crippen LogP) is 5.07. The minimum absolute atomic E-state index is 0.623. The molecular weight excluding hydrogens is 250 g/mol. The molecule has 0 spiro atoms. The van der Waals surface area contributed by atoms with Crippen molar-refractivity contribution < 1.29 is 0 Å². The topological polar surface area (TPSA) is 12.0 Å². The zero-order valence-electron chi connectivity index (χ0n) is 12.9. The van der Waals surface area contributed by atoms with Crippen LogP contribution in [-0.2, 0) is 0 Å². The van der Waals surface area contributed by atoms with Gasteiger partial charge in [-0.25, -0.2) is 0 Å². The Morgan fingerprint density at radius 3 is 2.26 bits per heavy atom. The van der Waals surface area contributed by atoms with Crippen LogP contribution in [0.4, 0.5) is 0 Å².